The molecule has 0 saturated carbocycles. The second-order valence-electron chi connectivity index (χ2n) is 13.9. The van der Waals surface area contributed by atoms with Gasteiger partial charge < -0.3 is 39.4 Å². The molecule has 0 aromatic heterocycles. The third-order valence-electron chi connectivity index (χ3n) is 8.91. The Balaban J connectivity index is 1.54. The Morgan fingerprint density at radius 3 is 2.30 bits per heavy atom. The SMILES string of the molecule is COCCOCOCCCc1ccc([C@@H](C[C@H](O)[C@H](Cc2ccccc2)NC(=O)OC(C)(C)C)C(=O)N(C)[C@H]2c3ccccc3C[C@H]2O)cc1. The summed E-state index contributed by atoms with van der Waals surface area (Å²) in [6, 6.07) is 24.0. The van der Waals surface area contributed by atoms with Gasteiger partial charge in [-0.3, -0.25) is 4.79 Å². The van der Waals surface area contributed by atoms with Gasteiger partial charge in [0.2, 0.25) is 5.91 Å². The van der Waals surface area contributed by atoms with Crippen LogP contribution in [0.1, 0.15) is 73.4 Å². The number of rotatable bonds is 18. The fourth-order valence-electron chi connectivity index (χ4n) is 6.41. The van der Waals surface area contributed by atoms with Crippen LogP contribution >= 0.6 is 0 Å². The van der Waals surface area contributed by atoms with Crippen molar-refractivity contribution >= 4 is 12.0 Å². The maximum absolute atomic E-state index is 14.5. The summed E-state index contributed by atoms with van der Waals surface area (Å²) in [5.41, 5.74) is 3.96. The third-order valence-corrected chi connectivity index (χ3v) is 8.91. The van der Waals surface area contributed by atoms with Crippen molar-refractivity contribution in [2.24, 2.45) is 0 Å². The van der Waals surface area contributed by atoms with Crippen molar-refractivity contribution in [3.63, 3.8) is 0 Å². The number of nitrogens with one attached hydrogen (secondary N) is 1. The lowest BCUT2D eigenvalue weighted by molar-refractivity contribution is -0.136. The third kappa shape index (κ3) is 11.6. The normalized spacial score (nSPS) is 17.4. The number of ether oxygens (including phenoxy) is 4. The standard InChI is InChI=1S/C40H54N2O8/c1-40(2,3)50-39(46)41-34(24-29-12-7-6-8-13-29)35(43)26-33(38(45)42(4)37-32-16-10-9-15-31(32)25-36(37)44)30-19-17-28(18-20-30)14-11-21-48-27-49-23-22-47-5/h6-10,12-13,15-20,33-37,43-44H,11,14,21-27H2,1-5H3,(H,41,46)/t33-,34+,35+,36-,37+/m1/s1. The summed E-state index contributed by atoms with van der Waals surface area (Å²) < 4.78 is 21.4. The van der Waals surface area contributed by atoms with Gasteiger partial charge in [0.05, 0.1) is 43.4 Å². The molecule has 5 atom stereocenters. The van der Waals surface area contributed by atoms with Crippen LogP contribution < -0.4 is 5.32 Å². The molecule has 0 aliphatic heterocycles. The van der Waals surface area contributed by atoms with E-state index in [-0.39, 0.29) is 19.1 Å². The highest BCUT2D eigenvalue weighted by atomic mass is 16.7. The molecular formula is C40H54N2O8. The first-order chi connectivity index (χ1) is 24.0. The van der Waals surface area contributed by atoms with Crippen LogP contribution in [0.15, 0.2) is 78.9 Å². The van der Waals surface area contributed by atoms with Crippen LogP contribution in [0.4, 0.5) is 4.79 Å². The van der Waals surface area contributed by atoms with Gasteiger partial charge in [-0.25, -0.2) is 4.79 Å². The van der Waals surface area contributed by atoms with E-state index in [0.717, 1.165) is 40.7 Å². The summed E-state index contributed by atoms with van der Waals surface area (Å²) in [7, 11) is 3.34. The van der Waals surface area contributed by atoms with E-state index in [0.29, 0.717) is 32.7 Å². The Morgan fingerprint density at radius 2 is 1.60 bits per heavy atom. The van der Waals surface area contributed by atoms with Gasteiger partial charge in [0, 0.05) is 27.2 Å². The van der Waals surface area contributed by atoms with E-state index < -0.39 is 41.9 Å². The number of methoxy groups -OCH3 is 1. The summed E-state index contributed by atoms with van der Waals surface area (Å²) in [4.78, 5) is 29.0. The van der Waals surface area contributed by atoms with E-state index >= 15 is 0 Å². The van der Waals surface area contributed by atoms with Crippen molar-refractivity contribution in [2.45, 2.75) is 88.7 Å². The van der Waals surface area contributed by atoms with Crippen molar-refractivity contribution in [3.8, 4) is 0 Å². The molecule has 50 heavy (non-hydrogen) atoms. The molecule has 272 valence electrons. The van der Waals surface area contributed by atoms with Crippen LogP contribution in [0.5, 0.6) is 0 Å². The van der Waals surface area contributed by atoms with E-state index in [1.54, 1.807) is 39.8 Å². The Hall–Kier alpha value is -3.80. The van der Waals surface area contributed by atoms with Gasteiger partial charge in [-0.15, -0.1) is 0 Å². The van der Waals surface area contributed by atoms with Crippen molar-refractivity contribution in [1.29, 1.82) is 0 Å². The van der Waals surface area contributed by atoms with Gasteiger partial charge >= 0.3 is 6.09 Å². The van der Waals surface area contributed by atoms with Gasteiger partial charge in [-0.2, -0.15) is 0 Å². The van der Waals surface area contributed by atoms with Crippen molar-refractivity contribution in [3.05, 3.63) is 107 Å². The van der Waals surface area contributed by atoms with Crippen LogP contribution in [0.3, 0.4) is 0 Å². The Bertz CT molecular complexity index is 1480. The first kappa shape index (κ1) is 39.0. The number of alkyl carbamates (subject to hydrolysis) is 1. The molecule has 0 unspecified atom stereocenters. The van der Waals surface area contributed by atoms with Crippen molar-refractivity contribution in [2.75, 3.05) is 40.8 Å². The molecule has 3 aromatic carbocycles. The number of amides is 2. The molecule has 0 heterocycles. The van der Waals surface area contributed by atoms with E-state index in [1.165, 1.54) is 0 Å². The Kier molecular flexibility index (Phi) is 14.8. The molecule has 10 heteroatoms. The zero-order valence-corrected chi connectivity index (χ0v) is 30.0. The summed E-state index contributed by atoms with van der Waals surface area (Å²) in [5, 5.41) is 25.8. The predicted octanol–water partition coefficient (Wildman–Crippen LogP) is 5.34. The number of aliphatic hydroxyl groups excluding tert-OH is 2. The molecule has 0 fully saturated rings. The average Bonchev–Trinajstić information content (AvgIpc) is 3.42. The highest BCUT2D eigenvalue weighted by molar-refractivity contribution is 5.84. The molecule has 10 nitrogen and oxygen atoms in total. The molecular weight excluding hydrogens is 636 g/mol. The number of carbonyl (C=O) groups excluding carboxylic acids is 2. The molecule has 3 N–H and O–H groups in total. The fourth-order valence-corrected chi connectivity index (χ4v) is 6.41. The van der Waals surface area contributed by atoms with Crippen molar-refractivity contribution < 1.29 is 38.7 Å². The maximum atomic E-state index is 14.5. The fraction of sp³-hybridized carbons (Fsp3) is 0.500. The average molecular weight is 691 g/mol. The zero-order chi connectivity index (χ0) is 36.1. The second-order valence-corrected chi connectivity index (χ2v) is 13.9. The van der Waals surface area contributed by atoms with Gasteiger partial charge in [0.1, 0.15) is 12.4 Å². The van der Waals surface area contributed by atoms with Gasteiger partial charge in [0.15, 0.2) is 0 Å². The largest absolute Gasteiger partial charge is 0.444 e. The number of benzene rings is 3. The molecule has 0 radical (unpaired) electrons. The lowest BCUT2D eigenvalue weighted by Crippen LogP contribution is -2.48. The Morgan fingerprint density at radius 1 is 0.920 bits per heavy atom. The number of likely N-dealkylation sites (N-methyl/N-ethyl adjacent to an activating group) is 1. The quantitative estimate of drug-likeness (QED) is 0.121. The zero-order valence-electron chi connectivity index (χ0n) is 30.0. The van der Waals surface area contributed by atoms with Crippen LogP contribution in [-0.2, 0) is 43.0 Å². The van der Waals surface area contributed by atoms with Crippen LogP contribution in [0.25, 0.3) is 0 Å². The Labute approximate surface area is 296 Å². The minimum atomic E-state index is -1.10. The first-order valence-corrected chi connectivity index (χ1v) is 17.4. The molecule has 4 rings (SSSR count). The summed E-state index contributed by atoms with van der Waals surface area (Å²) in [6.45, 7) is 7.12. The summed E-state index contributed by atoms with van der Waals surface area (Å²) >= 11 is 0. The van der Waals surface area contributed by atoms with Crippen LogP contribution in [0.2, 0.25) is 0 Å². The first-order valence-electron chi connectivity index (χ1n) is 17.4. The van der Waals surface area contributed by atoms with E-state index in [2.05, 4.69) is 5.32 Å². The second kappa shape index (κ2) is 19.0. The lowest BCUT2D eigenvalue weighted by atomic mass is 9.86. The summed E-state index contributed by atoms with van der Waals surface area (Å²) in [5.74, 6) is -0.981. The number of fused-ring (bicyclic) bond motifs is 1. The van der Waals surface area contributed by atoms with E-state index in [1.807, 2.05) is 78.9 Å². The molecule has 0 bridgehead atoms. The molecule has 3 aromatic rings. The highest BCUT2D eigenvalue weighted by Crippen LogP contribution is 2.38. The number of hydrogen-bond acceptors (Lipinski definition) is 8. The number of nitrogens with zero attached hydrogens (tertiary/aromatic N) is 1. The van der Waals surface area contributed by atoms with Gasteiger partial charge in [-0.05, 0) is 74.3 Å². The smallest absolute Gasteiger partial charge is 0.407 e. The molecule has 1 aliphatic carbocycles. The van der Waals surface area contributed by atoms with Crippen molar-refractivity contribution in [1.82, 2.24) is 10.2 Å². The monoisotopic (exact) mass is 690 g/mol. The minimum absolute atomic E-state index is 0.0389. The molecule has 2 amide bonds. The minimum Gasteiger partial charge on any atom is -0.444 e. The number of aliphatic hydroxyl groups is 2. The highest BCUT2D eigenvalue weighted by Gasteiger charge is 2.39. The molecule has 1 aliphatic rings. The maximum Gasteiger partial charge on any atom is 0.407 e. The predicted molar refractivity (Wildman–Crippen MR) is 192 cm³/mol. The van der Waals surface area contributed by atoms with Gasteiger partial charge in [-0.1, -0.05) is 78.9 Å². The number of aryl methyl sites for hydroxylation is 1. The van der Waals surface area contributed by atoms with E-state index in [9.17, 15) is 19.8 Å². The van der Waals surface area contributed by atoms with Gasteiger partial charge in [0.25, 0.3) is 0 Å². The van der Waals surface area contributed by atoms with Crippen LogP contribution in [0, 0.1) is 0 Å². The van der Waals surface area contributed by atoms with Crippen LogP contribution in [-0.4, -0.2) is 91.7 Å². The number of carbonyl (C=O) groups is 2. The lowest BCUT2D eigenvalue weighted by Gasteiger charge is -2.34. The molecule has 0 saturated heterocycles. The van der Waals surface area contributed by atoms with E-state index in [4.69, 9.17) is 18.9 Å². The topological polar surface area (TPSA) is 127 Å². The summed E-state index contributed by atoms with van der Waals surface area (Å²) in [6.07, 6.45) is -0.0741. The molecule has 0 spiro atoms. The number of hydrogen-bond donors (Lipinski definition) is 3.